The monoisotopic (exact) mass is 389 g/mol. The highest BCUT2D eigenvalue weighted by Crippen LogP contribution is 2.22. The number of nitrogens with one attached hydrogen (secondary N) is 1. The predicted molar refractivity (Wildman–Crippen MR) is 102 cm³/mol. The number of carboxylic acids is 1. The van der Waals surface area contributed by atoms with Crippen molar-refractivity contribution in [3.63, 3.8) is 0 Å². The molecule has 2 rings (SSSR count). The van der Waals surface area contributed by atoms with E-state index in [1.165, 1.54) is 24.9 Å². The van der Waals surface area contributed by atoms with E-state index < -0.39 is 17.9 Å². The quantitative estimate of drug-likeness (QED) is 0.757. The van der Waals surface area contributed by atoms with E-state index in [1.807, 2.05) is 12.1 Å². The van der Waals surface area contributed by atoms with Gasteiger partial charge in [0.1, 0.15) is 6.04 Å². The van der Waals surface area contributed by atoms with Crippen LogP contribution in [0.4, 0.5) is 0 Å². The minimum atomic E-state index is -1.13. The van der Waals surface area contributed by atoms with Crippen LogP contribution in [0.15, 0.2) is 42.7 Å². The van der Waals surface area contributed by atoms with E-state index in [9.17, 15) is 19.5 Å². The molecule has 0 bridgehead atoms. The van der Waals surface area contributed by atoms with Crippen LogP contribution >= 0.6 is 11.6 Å². The fraction of sp³-hybridized carbons (Fsp3) is 0.263. The summed E-state index contributed by atoms with van der Waals surface area (Å²) in [7, 11) is 0. The predicted octanol–water partition coefficient (Wildman–Crippen LogP) is 2.45. The lowest BCUT2D eigenvalue weighted by atomic mass is 10.1. The molecule has 8 heteroatoms. The van der Waals surface area contributed by atoms with Crippen molar-refractivity contribution in [3.05, 3.63) is 53.3 Å². The van der Waals surface area contributed by atoms with Crippen molar-refractivity contribution < 1.29 is 19.5 Å². The summed E-state index contributed by atoms with van der Waals surface area (Å²) < 4.78 is 0. The van der Waals surface area contributed by atoms with E-state index in [2.05, 4.69) is 10.3 Å². The largest absolute Gasteiger partial charge is 0.480 e. The molecule has 0 aliphatic rings. The number of carbonyl (C=O) groups excluding carboxylic acids is 2. The highest BCUT2D eigenvalue weighted by molar-refractivity contribution is 6.30. The van der Waals surface area contributed by atoms with Crippen molar-refractivity contribution in [2.75, 3.05) is 13.1 Å². The zero-order valence-electron chi connectivity index (χ0n) is 15.0. The number of pyridine rings is 1. The molecule has 1 aromatic carbocycles. The first-order valence-electron chi connectivity index (χ1n) is 8.29. The standard InChI is InChI=1S/C19H20ClN3O4/c1-12(19(26)27)23(8-7-22-13(2)24)18(25)16-9-15(10-21-11-16)14-3-5-17(20)6-4-14/h3-6,9-12H,7-8H2,1-2H3,(H,22,24)(H,26,27). The molecule has 2 amide bonds. The summed E-state index contributed by atoms with van der Waals surface area (Å²) in [6.45, 7) is 3.00. The topological polar surface area (TPSA) is 99.6 Å². The lowest BCUT2D eigenvalue weighted by molar-refractivity contribution is -0.141. The molecule has 1 unspecified atom stereocenters. The Kier molecular flexibility index (Phi) is 6.90. The van der Waals surface area contributed by atoms with Crippen LogP contribution in [0.25, 0.3) is 11.1 Å². The maximum atomic E-state index is 12.9. The smallest absolute Gasteiger partial charge is 0.326 e. The first kappa shape index (κ1) is 20.4. The SMILES string of the molecule is CC(=O)NCCN(C(=O)c1cncc(-c2ccc(Cl)cc2)c1)C(C)C(=O)O. The van der Waals surface area contributed by atoms with Gasteiger partial charge in [0.15, 0.2) is 0 Å². The summed E-state index contributed by atoms with van der Waals surface area (Å²) in [6.07, 6.45) is 3.00. The third-order valence-electron chi connectivity index (χ3n) is 3.98. The summed E-state index contributed by atoms with van der Waals surface area (Å²) in [5.74, 6) is -1.86. The van der Waals surface area contributed by atoms with Crippen LogP contribution in [0.1, 0.15) is 24.2 Å². The van der Waals surface area contributed by atoms with Gasteiger partial charge in [-0.1, -0.05) is 23.7 Å². The van der Waals surface area contributed by atoms with Crippen LogP contribution in [0.3, 0.4) is 0 Å². The maximum Gasteiger partial charge on any atom is 0.326 e. The van der Waals surface area contributed by atoms with Gasteiger partial charge in [0.05, 0.1) is 5.56 Å². The van der Waals surface area contributed by atoms with Gasteiger partial charge in [-0.25, -0.2) is 4.79 Å². The number of carboxylic acid groups (broad SMARTS) is 1. The number of aromatic nitrogens is 1. The minimum Gasteiger partial charge on any atom is -0.480 e. The second kappa shape index (κ2) is 9.14. The molecular formula is C19H20ClN3O4. The zero-order valence-corrected chi connectivity index (χ0v) is 15.7. The van der Waals surface area contributed by atoms with E-state index >= 15 is 0 Å². The third kappa shape index (κ3) is 5.52. The van der Waals surface area contributed by atoms with Crippen molar-refractivity contribution >= 4 is 29.4 Å². The van der Waals surface area contributed by atoms with E-state index in [0.717, 1.165) is 5.56 Å². The molecule has 0 aliphatic heterocycles. The normalized spacial score (nSPS) is 11.5. The third-order valence-corrected chi connectivity index (χ3v) is 4.23. The molecule has 0 spiro atoms. The van der Waals surface area contributed by atoms with Gasteiger partial charge in [0.25, 0.3) is 5.91 Å². The van der Waals surface area contributed by atoms with Crippen LogP contribution in [-0.2, 0) is 9.59 Å². The number of benzene rings is 1. The molecule has 2 aromatic rings. The number of rotatable bonds is 7. The first-order chi connectivity index (χ1) is 12.8. The molecule has 1 atom stereocenters. The van der Waals surface area contributed by atoms with Crippen molar-refractivity contribution in [2.24, 2.45) is 0 Å². The Balaban J connectivity index is 2.28. The molecule has 27 heavy (non-hydrogen) atoms. The first-order valence-corrected chi connectivity index (χ1v) is 8.66. The van der Waals surface area contributed by atoms with Crippen molar-refractivity contribution in [3.8, 4) is 11.1 Å². The summed E-state index contributed by atoms with van der Waals surface area (Å²) in [6, 6.07) is 7.68. The Morgan fingerprint density at radius 3 is 2.44 bits per heavy atom. The Hall–Kier alpha value is -2.93. The average molecular weight is 390 g/mol. The Morgan fingerprint density at radius 1 is 1.19 bits per heavy atom. The number of halogens is 1. The van der Waals surface area contributed by atoms with Gasteiger partial charge in [0.2, 0.25) is 5.91 Å². The maximum absolute atomic E-state index is 12.9. The second-order valence-corrected chi connectivity index (χ2v) is 6.40. The number of hydrogen-bond donors (Lipinski definition) is 2. The van der Waals surface area contributed by atoms with Gasteiger partial charge in [-0.3, -0.25) is 14.6 Å². The number of hydrogen-bond acceptors (Lipinski definition) is 4. The molecular weight excluding hydrogens is 370 g/mol. The molecule has 1 aromatic heterocycles. The number of amides is 2. The number of carbonyl (C=O) groups is 3. The molecule has 7 nitrogen and oxygen atoms in total. The van der Waals surface area contributed by atoms with Gasteiger partial charge in [-0.15, -0.1) is 0 Å². The lowest BCUT2D eigenvalue weighted by Gasteiger charge is -2.26. The molecule has 0 saturated heterocycles. The molecule has 1 heterocycles. The van der Waals surface area contributed by atoms with Crippen LogP contribution in [0, 0.1) is 0 Å². The molecule has 0 saturated carbocycles. The Bertz CT molecular complexity index is 839. The second-order valence-electron chi connectivity index (χ2n) is 5.96. The fourth-order valence-electron chi connectivity index (χ4n) is 2.48. The molecule has 0 fully saturated rings. The summed E-state index contributed by atoms with van der Waals surface area (Å²) in [5.41, 5.74) is 1.80. The average Bonchev–Trinajstić information content (AvgIpc) is 2.64. The fourth-order valence-corrected chi connectivity index (χ4v) is 2.61. The highest BCUT2D eigenvalue weighted by atomic mass is 35.5. The van der Waals surface area contributed by atoms with Gasteiger partial charge < -0.3 is 15.3 Å². The zero-order chi connectivity index (χ0) is 20.0. The van der Waals surface area contributed by atoms with E-state index in [0.29, 0.717) is 10.6 Å². The van der Waals surface area contributed by atoms with Crippen molar-refractivity contribution in [2.45, 2.75) is 19.9 Å². The van der Waals surface area contributed by atoms with Crippen molar-refractivity contribution in [1.29, 1.82) is 0 Å². The Labute approximate surface area is 162 Å². The summed E-state index contributed by atoms with van der Waals surface area (Å²) in [4.78, 5) is 40.6. The van der Waals surface area contributed by atoms with Gasteiger partial charge in [-0.05, 0) is 30.7 Å². The van der Waals surface area contributed by atoms with E-state index in [4.69, 9.17) is 11.6 Å². The number of nitrogens with zero attached hydrogens (tertiary/aromatic N) is 2. The summed E-state index contributed by atoms with van der Waals surface area (Å²) in [5, 5.41) is 12.5. The Morgan fingerprint density at radius 2 is 1.85 bits per heavy atom. The molecule has 142 valence electrons. The van der Waals surface area contributed by atoms with Gasteiger partial charge in [0, 0.05) is 43.0 Å². The van der Waals surface area contributed by atoms with E-state index in [-0.39, 0.29) is 24.6 Å². The minimum absolute atomic E-state index is 0.0665. The van der Waals surface area contributed by atoms with Crippen LogP contribution < -0.4 is 5.32 Å². The van der Waals surface area contributed by atoms with Crippen molar-refractivity contribution in [1.82, 2.24) is 15.2 Å². The van der Waals surface area contributed by atoms with Crippen LogP contribution in [0.2, 0.25) is 5.02 Å². The highest BCUT2D eigenvalue weighted by Gasteiger charge is 2.26. The van der Waals surface area contributed by atoms with Crippen LogP contribution in [0.5, 0.6) is 0 Å². The molecule has 0 radical (unpaired) electrons. The lowest BCUT2D eigenvalue weighted by Crippen LogP contribution is -2.46. The molecule has 2 N–H and O–H groups in total. The van der Waals surface area contributed by atoms with Crippen LogP contribution in [-0.4, -0.2) is 51.9 Å². The van der Waals surface area contributed by atoms with E-state index in [1.54, 1.807) is 24.4 Å². The van der Waals surface area contributed by atoms with Gasteiger partial charge >= 0.3 is 5.97 Å². The molecule has 0 aliphatic carbocycles. The summed E-state index contributed by atoms with van der Waals surface area (Å²) >= 11 is 5.90. The van der Waals surface area contributed by atoms with Gasteiger partial charge in [-0.2, -0.15) is 0 Å². The number of aliphatic carboxylic acids is 1.